The van der Waals surface area contributed by atoms with Gasteiger partial charge in [-0.25, -0.2) is 0 Å². The van der Waals surface area contributed by atoms with Crippen LogP contribution >= 0.6 is 0 Å². The number of nitro groups is 1. The van der Waals surface area contributed by atoms with E-state index in [2.05, 4.69) is 6.58 Å². The second kappa shape index (κ2) is 2.47. The van der Waals surface area contributed by atoms with Gasteiger partial charge >= 0.3 is 0 Å². The molecule has 0 unspecified atom stereocenters. The maximum absolute atomic E-state index is 10.2. The lowest BCUT2D eigenvalue weighted by Gasteiger charge is -2.01. The summed E-state index contributed by atoms with van der Waals surface area (Å²) < 4.78 is 0. The van der Waals surface area contributed by atoms with Crippen molar-refractivity contribution in [3.05, 3.63) is 46.2 Å². The first-order valence-electron chi connectivity index (χ1n) is 2.91. The molecule has 1 rings (SSSR count). The van der Waals surface area contributed by atoms with Gasteiger partial charge in [-0.1, -0.05) is 18.7 Å². The molecule has 0 spiro atoms. The van der Waals surface area contributed by atoms with Gasteiger partial charge in [-0.3, -0.25) is 10.1 Å². The van der Waals surface area contributed by atoms with E-state index in [1.807, 2.05) is 6.08 Å². The third-order valence-electron chi connectivity index (χ3n) is 1.31. The average molecular weight is 137 g/mol. The van der Waals surface area contributed by atoms with E-state index in [0.29, 0.717) is 12.0 Å². The molecular weight excluding hydrogens is 130 g/mol. The van der Waals surface area contributed by atoms with Gasteiger partial charge in [0.1, 0.15) is 0 Å². The average Bonchev–Trinajstić information content (AvgIpc) is 1.88. The van der Waals surface area contributed by atoms with Gasteiger partial charge in [0.25, 0.3) is 5.70 Å². The molecule has 0 aromatic heterocycles. The highest BCUT2D eigenvalue weighted by molar-refractivity contribution is 5.32. The van der Waals surface area contributed by atoms with E-state index >= 15 is 0 Å². The van der Waals surface area contributed by atoms with Crippen molar-refractivity contribution in [3.63, 3.8) is 0 Å². The fourth-order valence-electron chi connectivity index (χ4n) is 0.782. The summed E-state index contributed by atoms with van der Waals surface area (Å²) in [5.74, 6) is 0. The topological polar surface area (TPSA) is 43.1 Å². The van der Waals surface area contributed by atoms with Gasteiger partial charge in [-0.05, 0) is 6.42 Å². The summed E-state index contributed by atoms with van der Waals surface area (Å²) in [4.78, 5) is 9.80. The van der Waals surface area contributed by atoms with Crippen LogP contribution in [0.2, 0.25) is 0 Å². The molecule has 3 nitrogen and oxygen atoms in total. The molecule has 0 aliphatic heterocycles. The van der Waals surface area contributed by atoms with Crippen molar-refractivity contribution in [1.82, 2.24) is 0 Å². The molecule has 0 amide bonds. The summed E-state index contributed by atoms with van der Waals surface area (Å²) in [6.07, 6.45) is 5.57. The molecule has 0 aromatic rings. The molecule has 0 saturated heterocycles. The Bertz CT molecular complexity index is 238. The Hall–Kier alpha value is -1.38. The lowest BCUT2D eigenvalue weighted by molar-refractivity contribution is -0.421. The summed E-state index contributed by atoms with van der Waals surface area (Å²) in [6.45, 7) is 3.56. The van der Waals surface area contributed by atoms with Gasteiger partial charge in [0.15, 0.2) is 0 Å². The molecule has 0 N–H and O–H groups in total. The quantitative estimate of drug-likeness (QED) is 0.407. The third kappa shape index (κ3) is 1.13. The molecule has 0 fully saturated rings. The van der Waals surface area contributed by atoms with Crippen molar-refractivity contribution >= 4 is 0 Å². The molecular formula is C7H7NO2. The van der Waals surface area contributed by atoms with Crippen molar-refractivity contribution in [3.8, 4) is 0 Å². The Balaban J connectivity index is 2.91. The number of rotatable bonds is 1. The van der Waals surface area contributed by atoms with Crippen LogP contribution in [-0.4, -0.2) is 4.92 Å². The number of allylic oxidation sites excluding steroid dienone is 4. The SMILES string of the molecule is C=C1CC=CC=C1[N+](=O)[O-]. The first kappa shape index (κ1) is 6.74. The normalized spacial score (nSPS) is 16.8. The zero-order valence-corrected chi connectivity index (χ0v) is 5.41. The summed E-state index contributed by atoms with van der Waals surface area (Å²) >= 11 is 0. The first-order chi connectivity index (χ1) is 4.72. The van der Waals surface area contributed by atoms with E-state index in [0.717, 1.165) is 0 Å². The minimum absolute atomic E-state index is 0.127. The van der Waals surface area contributed by atoms with Gasteiger partial charge < -0.3 is 0 Å². The maximum atomic E-state index is 10.2. The zero-order valence-electron chi connectivity index (χ0n) is 5.41. The molecule has 1 aliphatic carbocycles. The lowest BCUT2D eigenvalue weighted by Crippen LogP contribution is -2.02. The predicted octanol–water partition coefficient (Wildman–Crippen LogP) is 1.66. The van der Waals surface area contributed by atoms with Gasteiger partial charge in [0.05, 0.1) is 4.92 Å². The van der Waals surface area contributed by atoms with E-state index < -0.39 is 4.92 Å². The summed E-state index contributed by atoms with van der Waals surface area (Å²) in [7, 11) is 0. The van der Waals surface area contributed by atoms with Crippen LogP contribution in [0.3, 0.4) is 0 Å². The molecule has 52 valence electrons. The Labute approximate surface area is 58.5 Å². The molecule has 0 atom stereocenters. The van der Waals surface area contributed by atoms with Crippen LogP contribution in [0.1, 0.15) is 6.42 Å². The molecule has 0 aromatic carbocycles. The minimum Gasteiger partial charge on any atom is -0.258 e. The molecule has 0 saturated carbocycles. The van der Waals surface area contributed by atoms with Gasteiger partial charge in [0, 0.05) is 11.6 Å². The highest BCUT2D eigenvalue weighted by atomic mass is 16.6. The van der Waals surface area contributed by atoms with Crippen LogP contribution in [0, 0.1) is 10.1 Å². The first-order valence-corrected chi connectivity index (χ1v) is 2.91. The fourth-order valence-corrected chi connectivity index (χ4v) is 0.782. The largest absolute Gasteiger partial charge is 0.272 e. The third-order valence-corrected chi connectivity index (χ3v) is 1.31. The number of nitrogens with zero attached hydrogens (tertiary/aromatic N) is 1. The minimum atomic E-state index is -0.411. The molecule has 10 heavy (non-hydrogen) atoms. The van der Waals surface area contributed by atoms with Crippen molar-refractivity contribution in [2.75, 3.05) is 0 Å². The van der Waals surface area contributed by atoms with Crippen molar-refractivity contribution in [2.24, 2.45) is 0 Å². The van der Waals surface area contributed by atoms with Crippen molar-refractivity contribution in [2.45, 2.75) is 6.42 Å². The van der Waals surface area contributed by atoms with E-state index in [1.165, 1.54) is 6.08 Å². The second-order valence-electron chi connectivity index (χ2n) is 2.04. The Morgan fingerprint density at radius 1 is 1.70 bits per heavy atom. The van der Waals surface area contributed by atoms with Crippen molar-refractivity contribution < 1.29 is 4.92 Å². The van der Waals surface area contributed by atoms with E-state index in [-0.39, 0.29) is 5.70 Å². The van der Waals surface area contributed by atoms with Gasteiger partial charge in [0.2, 0.25) is 0 Å². The Morgan fingerprint density at radius 3 is 2.80 bits per heavy atom. The molecule has 1 aliphatic rings. The van der Waals surface area contributed by atoms with Gasteiger partial charge in [-0.2, -0.15) is 0 Å². The fraction of sp³-hybridized carbons (Fsp3) is 0.143. The Kier molecular flexibility index (Phi) is 1.67. The smallest absolute Gasteiger partial charge is 0.258 e. The molecule has 3 heteroatoms. The van der Waals surface area contributed by atoms with Crippen LogP contribution in [0.15, 0.2) is 36.1 Å². The maximum Gasteiger partial charge on any atom is 0.272 e. The summed E-state index contributed by atoms with van der Waals surface area (Å²) in [6, 6.07) is 0. The van der Waals surface area contributed by atoms with Crippen LogP contribution in [0.25, 0.3) is 0 Å². The molecule has 0 heterocycles. The second-order valence-corrected chi connectivity index (χ2v) is 2.04. The van der Waals surface area contributed by atoms with Gasteiger partial charge in [-0.15, -0.1) is 0 Å². The van der Waals surface area contributed by atoms with E-state index in [1.54, 1.807) is 6.08 Å². The highest BCUT2D eigenvalue weighted by Crippen LogP contribution is 2.16. The lowest BCUT2D eigenvalue weighted by atomic mass is 10.1. The number of hydrogen-bond acceptors (Lipinski definition) is 2. The van der Waals surface area contributed by atoms with Crippen LogP contribution in [-0.2, 0) is 0 Å². The summed E-state index contributed by atoms with van der Waals surface area (Å²) in [5.41, 5.74) is 0.704. The monoisotopic (exact) mass is 137 g/mol. The van der Waals surface area contributed by atoms with Crippen LogP contribution < -0.4 is 0 Å². The predicted molar refractivity (Wildman–Crippen MR) is 38.0 cm³/mol. The highest BCUT2D eigenvalue weighted by Gasteiger charge is 2.14. The Morgan fingerprint density at radius 2 is 2.40 bits per heavy atom. The summed E-state index contributed by atoms with van der Waals surface area (Å²) in [5, 5.41) is 10.2. The molecule has 0 radical (unpaired) electrons. The number of hydrogen-bond donors (Lipinski definition) is 0. The van der Waals surface area contributed by atoms with E-state index in [9.17, 15) is 10.1 Å². The molecule has 0 bridgehead atoms. The van der Waals surface area contributed by atoms with Crippen LogP contribution in [0.4, 0.5) is 0 Å². The zero-order chi connectivity index (χ0) is 7.56. The van der Waals surface area contributed by atoms with Crippen molar-refractivity contribution in [1.29, 1.82) is 0 Å². The standard InChI is InChI=1S/C7H7NO2/c1-6-4-2-3-5-7(6)8(9)10/h2-3,5H,1,4H2. The van der Waals surface area contributed by atoms with Crippen LogP contribution in [0.5, 0.6) is 0 Å². The van der Waals surface area contributed by atoms with E-state index in [4.69, 9.17) is 0 Å².